The molecule has 116 valence electrons. The first-order chi connectivity index (χ1) is 10.5. The lowest BCUT2D eigenvalue weighted by Crippen LogP contribution is -2.15. The van der Waals surface area contributed by atoms with Gasteiger partial charge in [0.05, 0.1) is 13.5 Å². The summed E-state index contributed by atoms with van der Waals surface area (Å²) in [4.78, 5) is 14.0. The number of methoxy groups -OCH3 is 1. The highest BCUT2D eigenvalue weighted by atomic mass is 19.1. The maximum atomic E-state index is 13.6. The van der Waals surface area contributed by atoms with Crippen molar-refractivity contribution < 1.29 is 13.9 Å². The molecule has 0 bridgehead atoms. The number of rotatable bonds is 5. The lowest BCUT2D eigenvalue weighted by Gasteiger charge is -2.13. The molecule has 2 aromatic carbocycles. The molecule has 0 radical (unpaired) electrons. The largest absolute Gasteiger partial charge is 0.494 e. The third kappa shape index (κ3) is 3.97. The third-order valence-electron chi connectivity index (χ3n) is 3.25. The maximum absolute atomic E-state index is 13.6. The Hall–Kier alpha value is -2.56. The van der Waals surface area contributed by atoms with Gasteiger partial charge in [0.15, 0.2) is 11.6 Å². The predicted octanol–water partition coefficient (Wildman–Crippen LogP) is 3.08. The second kappa shape index (κ2) is 6.93. The molecule has 5 heteroatoms. The smallest absolute Gasteiger partial charge is 0.228 e. The molecule has 0 saturated heterocycles. The second-order valence-corrected chi connectivity index (χ2v) is 5.14. The molecular weight excluding hydrogens is 283 g/mol. The Morgan fingerprint density at radius 1 is 1.18 bits per heavy atom. The first-order valence-electron chi connectivity index (χ1n) is 6.89. The van der Waals surface area contributed by atoms with E-state index in [2.05, 4.69) is 5.32 Å². The van der Waals surface area contributed by atoms with Crippen LogP contribution in [0.5, 0.6) is 5.75 Å². The Morgan fingerprint density at radius 3 is 2.41 bits per heavy atom. The molecule has 0 fully saturated rings. The van der Waals surface area contributed by atoms with Gasteiger partial charge in [0.1, 0.15) is 0 Å². The summed E-state index contributed by atoms with van der Waals surface area (Å²) in [6.45, 7) is 0. The summed E-state index contributed by atoms with van der Waals surface area (Å²) in [5, 5.41) is 2.79. The van der Waals surface area contributed by atoms with Gasteiger partial charge in [-0.2, -0.15) is 0 Å². The molecule has 0 spiro atoms. The van der Waals surface area contributed by atoms with E-state index in [9.17, 15) is 9.18 Å². The van der Waals surface area contributed by atoms with Crippen LogP contribution < -0.4 is 15.0 Å². The molecular formula is C17H19FN2O2. The van der Waals surface area contributed by atoms with Gasteiger partial charge in [0.2, 0.25) is 5.91 Å². The van der Waals surface area contributed by atoms with Gasteiger partial charge in [-0.05, 0) is 42.0 Å². The SMILES string of the molecule is COc1ccc(CC(=O)Nc2ccc(N(C)C)cc2)cc1F. The highest BCUT2D eigenvalue weighted by Gasteiger charge is 2.08. The Labute approximate surface area is 129 Å². The first-order valence-corrected chi connectivity index (χ1v) is 6.89. The minimum absolute atomic E-state index is 0.107. The second-order valence-electron chi connectivity index (χ2n) is 5.14. The Morgan fingerprint density at radius 2 is 1.86 bits per heavy atom. The van der Waals surface area contributed by atoms with Crippen molar-refractivity contribution in [3.8, 4) is 5.75 Å². The molecule has 0 aliphatic carbocycles. The van der Waals surface area contributed by atoms with Crippen LogP contribution in [0, 0.1) is 5.82 Å². The molecule has 22 heavy (non-hydrogen) atoms. The fourth-order valence-electron chi connectivity index (χ4n) is 2.05. The molecule has 0 aliphatic rings. The number of nitrogens with one attached hydrogen (secondary N) is 1. The number of hydrogen-bond donors (Lipinski definition) is 1. The lowest BCUT2D eigenvalue weighted by atomic mass is 10.1. The number of hydrogen-bond acceptors (Lipinski definition) is 3. The van der Waals surface area contributed by atoms with Crippen molar-refractivity contribution in [3.63, 3.8) is 0 Å². The highest BCUT2D eigenvalue weighted by Crippen LogP contribution is 2.19. The molecule has 0 aromatic heterocycles. The summed E-state index contributed by atoms with van der Waals surface area (Å²) >= 11 is 0. The van der Waals surface area contributed by atoms with Crippen LogP contribution in [0.3, 0.4) is 0 Å². The van der Waals surface area contributed by atoms with Crippen LogP contribution in [0.1, 0.15) is 5.56 Å². The van der Waals surface area contributed by atoms with Crippen molar-refractivity contribution in [1.82, 2.24) is 0 Å². The number of benzene rings is 2. The standard InChI is InChI=1S/C17H19FN2O2/c1-20(2)14-7-5-13(6-8-14)19-17(21)11-12-4-9-16(22-3)15(18)10-12/h4-10H,11H2,1-3H3,(H,19,21). The van der Waals surface area contributed by atoms with Gasteiger partial charge in [0.25, 0.3) is 0 Å². The van der Waals surface area contributed by atoms with Crippen LogP contribution in [0.25, 0.3) is 0 Å². The number of ether oxygens (including phenoxy) is 1. The normalized spacial score (nSPS) is 10.2. The first kappa shape index (κ1) is 15.8. The van der Waals surface area contributed by atoms with E-state index in [0.717, 1.165) is 5.69 Å². The zero-order valence-corrected chi connectivity index (χ0v) is 12.9. The molecule has 0 saturated carbocycles. The van der Waals surface area contributed by atoms with Crippen molar-refractivity contribution in [3.05, 3.63) is 53.8 Å². The minimum Gasteiger partial charge on any atom is -0.494 e. The summed E-state index contributed by atoms with van der Waals surface area (Å²) in [5.41, 5.74) is 2.36. The monoisotopic (exact) mass is 302 g/mol. The molecule has 0 heterocycles. The summed E-state index contributed by atoms with van der Waals surface area (Å²) < 4.78 is 18.4. The number of carbonyl (C=O) groups excluding carboxylic acids is 1. The zero-order chi connectivity index (χ0) is 16.1. The summed E-state index contributed by atoms with van der Waals surface area (Å²) in [6.07, 6.45) is 0.107. The van der Waals surface area contributed by atoms with Crippen LogP contribution in [-0.2, 0) is 11.2 Å². The Bertz CT molecular complexity index is 654. The van der Waals surface area contributed by atoms with Crippen LogP contribution in [0.2, 0.25) is 0 Å². The maximum Gasteiger partial charge on any atom is 0.228 e. The highest BCUT2D eigenvalue weighted by molar-refractivity contribution is 5.92. The van der Waals surface area contributed by atoms with Crippen LogP contribution in [0.15, 0.2) is 42.5 Å². The summed E-state index contributed by atoms with van der Waals surface area (Å²) in [7, 11) is 5.31. The van der Waals surface area contributed by atoms with E-state index < -0.39 is 5.82 Å². The molecule has 4 nitrogen and oxygen atoms in total. The van der Waals surface area contributed by atoms with E-state index >= 15 is 0 Å². The van der Waals surface area contributed by atoms with Crippen molar-refractivity contribution in [2.45, 2.75) is 6.42 Å². The molecule has 0 aliphatic heterocycles. The number of nitrogens with zero attached hydrogens (tertiary/aromatic N) is 1. The topological polar surface area (TPSA) is 41.6 Å². The van der Waals surface area contributed by atoms with Crippen LogP contribution in [-0.4, -0.2) is 27.1 Å². The molecule has 2 rings (SSSR count). The molecule has 0 atom stereocenters. The van der Waals surface area contributed by atoms with E-state index in [-0.39, 0.29) is 18.1 Å². The third-order valence-corrected chi connectivity index (χ3v) is 3.25. The van der Waals surface area contributed by atoms with Crippen molar-refractivity contribution in [2.24, 2.45) is 0 Å². The molecule has 1 amide bonds. The Balaban J connectivity index is 1.99. The molecule has 1 N–H and O–H groups in total. The number of halogens is 1. The van der Waals surface area contributed by atoms with Gasteiger partial charge in [-0.15, -0.1) is 0 Å². The number of carbonyl (C=O) groups is 1. The van der Waals surface area contributed by atoms with Crippen molar-refractivity contribution >= 4 is 17.3 Å². The van der Waals surface area contributed by atoms with Crippen molar-refractivity contribution in [1.29, 1.82) is 0 Å². The summed E-state index contributed by atoms with van der Waals surface area (Å²) in [5.74, 6) is -0.492. The van der Waals surface area contributed by atoms with Gasteiger partial charge in [-0.25, -0.2) is 4.39 Å². The van der Waals surface area contributed by atoms with Gasteiger partial charge in [-0.1, -0.05) is 6.07 Å². The van der Waals surface area contributed by atoms with Gasteiger partial charge in [-0.3, -0.25) is 4.79 Å². The van der Waals surface area contributed by atoms with Crippen LogP contribution in [0.4, 0.5) is 15.8 Å². The minimum atomic E-state index is -0.469. The molecule has 0 unspecified atom stereocenters. The fraction of sp³-hybridized carbons (Fsp3) is 0.235. The average molecular weight is 302 g/mol. The van der Waals surface area contributed by atoms with E-state index in [1.165, 1.54) is 19.2 Å². The van der Waals surface area contributed by atoms with Gasteiger partial charge >= 0.3 is 0 Å². The fourth-order valence-corrected chi connectivity index (χ4v) is 2.05. The quantitative estimate of drug-likeness (QED) is 0.923. The van der Waals surface area contributed by atoms with Gasteiger partial charge < -0.3 is 15.0 Å². The number of amides is 1. The van der Waals surface area contributed by atoms with Crippen LogP contribution >= 0.6 is 0 Å². The van der Waals surface area contributed by atoms with E-state index in [0.29, 0.717) is 11.3 Å². The Kier molecular flexibility index (Phi) is 4.99. The average Bonchev–Trinajstić information content (AvgIpc) is 2.48. The number of anilines is 2. The zero-order valence-electron chi connectivity index (χ0n) is 12.9. The van der Waals surface area contributed by atoms with Gasteiger partial charge in [0, 0.05) is 25.5 Å². The summed E-state index contributed by atoms with van der Waals surface area (Å²) in [6, 6.07) is 12.0. The van der Waals surface area contributed by atoms with E-state index in [4.69, 9.17) is 4.74 Å². The molecule has 2 aromatic rings. The lowest BCUT2D eigenvalue weighted by molar-refractivity contribution is -0.115. The van der Waals surface area contributed by atoms with E-state index in [1.807, 2.05) is 43.3 Å². The predicted molar refractivity (Wildman–Crippen MR) is 86.1 cm³/mol. The van der Waals surface area contributed by atoms with E-state index in [1.54, 1.807) is 6.07 Å². The van der Waals surface area contributed by atoms with Crippen molar-refractivity contribution in [2.75, 3.05) is 31.4 Å².